The first-order valence-electron chi connectivity index (χ1n) is 7.38. The zero-order chi connectivity index (χ0) is 16.8. The van der Waals surface area contributed by atoms with E-state index in [2.05, 4.69) is 20.7 Å². The highest BCUT2D eigenvalue weighted by atomic mass is 16.5. The predicted octanol–water partition coefficient (Wildman–Crippen LogP) is 2.60. The zero-order valence-electron chi connectivity index (χ0n) is 13.1. The lowest BCUT2D eigenvalue weighted by atomic mass is 10.3. The quantitative estimate of drug-likeness (QED) is 0.756. The van der Waals surface area contributed by atoms with Gasteiger partial charge in [0.1, 0.15) is 0 Å². The minimum absolute atomic E-state index is 0.311. The third-order valence-corrected chi connectivity index (χ3v) is 3.31. The van der Waals surface area contributed by atoms with Crippen LogP contribution in [-0.4, -0.2) is 27.9 Å². The second kappa shape index (κ2) is 7.28. The van der Waals surface area contributed by atoms with Gasteiger partial charge in [-0.15, -0.1) is 0 Å². The van der Waals surface area contributed by atoms with Gasteiger partial charge in [0.15, 0.2) is 0 Å². The van der Waals surface area contributed by atoms with Crippen molar-refractivity contribution in [2.24, 2.45) is 0 Å². The summed E-state index contributed by atoms with van der Waals surface area (Å²) < 4.78 is 6.74. The van der Waals surface area contributed by atoms with Gasteiger partial charge in [-0.1, -0.05) is 18.2 Å². The molecule has 0 aliphatic heterocycles. The van der Waals surface area contributed by atoms with E-state index in [0.29, 0.717) is 18.1 Å². The standard InChI is InChI=1S/C17H17N5O2/c1-24-16-8-7-14(11-18-16)21-17(23)19-9-13-10-20-22(12-13)15-5-3-2-4-6-15/h2-8,10-12H,9H2,1H3,(H2,19,21,23). The monoisotopic (exact) mass is 323 g/mol. The van der Waals surface area contributed by atoms with E-state index in [1.54, 1.807) is 23.0 Å². The van der Waals surface area contributed by atoms with E-state index in [0.717, 1.165) is 11.3 Å². The molecule has 0 atom stereocenters. The first kappa shape index (κ1) is 15.5. The van der Waals surface area contributed by atoms with Crippen molar-refractivity contribution in [3.63, 3.8) is 0 Å². The van der Waals surface area contributed by atoms with Crippen molar-refractivity contribution in [3.8, 4) is 11.6 Å². The van der Waals surface area contributed by atoms with Gasteiger partial charge < -0.3 is 15.4 Å². The fourth-order valence-corrected chi connectivity index (χ4v) is 2.11. The Bertz CT molecular complexity index is 799. The number of carbonyl (C=O) groups excluding carboxylic acids is 1. The van der Waals surface area contributed by atoms with Gasteiger partial charge in [-0.05, 0) is 18.2 Å². The average Bonchev–Trinajstić information content (AvgIpc) is 3.10. The molecule has 2 amide bonds. The predicted molar refractivity (Wildman–Crippen MR) is 90.2 cm³/mol. The molecule has 0 unspecified atom stereocenters. The molecule has 7 nitrogen and oxygen atoms in total. The molecular weight excluding hydrogens is 306 g/mol. The molecule has 2 N–H and O–H groups in total. The van der Waals surface area contributed by atoms with Gasteiger partial charge in [-0.25, -0.2) is 14.5 Å². The number of para-hydroxylation sites is 1. The van der Waals surface area contributed by atoms with Crippen LogP contribution in [0.4, 0.5) is 10.5 Å². The number of anilines is 1. The van der Waals surface area contributed by atoms with Crippen LogP contribution in [0.2, 0.25) is 0 Å². The number of hydrogen-bond donors (Lipinski definition) is 2. The van der Waals surface area contributed by atoms with Crippen LogP contribution in [0.3, 0.4) is 0 Å². The molecule has 0 aliphatic carbocycles. The normalized spacial score (nSPS) is 10.2. The third kappa shape index (κ3) is 3.89. The summed E-state index contributed by atoms with van der Waals surface area (Å²) in [5.41, 5.74) is 2.47. The highest BCUT2D eigenvalue weighted by molar-refractivity contribution is 5.88. The summed E-state index contributed by atoms with van der Waals surface area (Å²) in [5, 5.41) is 9.77. The van der Waals surface area contributed by atoms with Crippen molar-refractivity contribution < 1.29 is 9.53 Å². The highest BCUT2D eigenvalue weighted by Crippen LogP contribution is 2.11. The molecule has 3 aromatic rings. The molecule has 0 bridgehead atoms. The summed E-state index contributed by atoms with van der Waals surface area (Å²) in [7, 11) is 1.54. The maximum Gasteiger partial charge on any atom is 0.319 e. The van der Waals surface area contributed by atoms with E-state index in [1.807, 2.05) is 36.5 Å². The number of nitrogens with zero attached hydrogens (tertiary/aromatic N) is 3. The van der Waals surface area contributed by atoms with Crippen molar-refractivity contribution >= 4 is 11.7 Å². The molecule has 0 aliphatic rings. The van der Waals surface area contributed by atoms with Crippen LogP contribution < -0.4 is 15.4 Å². The Morgan fingerprint density at radius 1 is 1.17 bits per heavy atom. The van der Waals surface area contributed by atoms with Crippen molar-refractivity contribution in [1.82, 2.24) is 20.1 Å². The molecule has 122 valence electrons. The molecule has 2 aromatic heterocycles. The van der Waals surface area contributed by atoms with Crippen LogP contribution in [-0.2, 0) is 6.54 Å². The number of urea groups is 1. The van der Waals surface area contributed by atoms with Crippen molar-refractivity contribution in [3.05, 3.63) is 66.6 Å². The zero-order valence-corrected chi connectivity index (χ0v) is 13.1. The first-order valence-corrected chi connectivity index (χ1v) is 7.38. The number of benzene rings is 1. The summed E-state index contributed by atoms with van der Waals surface area (Å²) in [6.07, 6.45) is 5.14. The largest absolute Gasteiger partial charge is 0.481 e. The number of rotatable bonds is 5. The van der Waals surface area contributed by atoms with E-state index in [-0.39, 0.29) is 6.03 Å². The molecule has 1 aromatic carbocycles. The maximum atomic E-state index is 11.9. The number of aromatic nitrogens is 3. The molecule has 3 rings (SSSR count). The van der Waals surface area contributed by atoms with E-state index in [9.17, 15) is 4.79 Å². The Hall–Kier alpha value is -3.35. The number of methoxy groups -OCH3 is 1. The summed E-state index contributed by atoms with van der Waals surface area (Å²) >= 11 is 0. The third-order valence-electron chi connectivity index (χ3n) is 3.31. The molecule has 0 saturated heterocycles. The summed E-state index contributed by atoms with van der Waals surface area (Å²) in [4.78, 5) is 15.9. The van der Waals surface area contributed by atoms with Crippen LogP contribution in [0.1, 0.15) is 5.56 Å². The van der Waals surface area contributed by atoms with Gasteiger partial charge in [0.25, 0.3) is 0 Å². The van der Waals surface area contributed by atoms with Crippen molar-refractivity contribution in [2.75, 3.05) is 12.4 Å². The van der Waals surface area contributed by atoms with Crippen molar-refractivity contribution in [1.29, 1.82) is 0 Å². The number of amides is 2. The number of ether oxygens (including phenoxy) is 1. The second-order valence-corrected chi connectivity index (χ2v) is 5.03. The van der Waals surface area contributed by atoms with Gasteiger partial charge in [0.05, 0.1) is 30.9 Å². The summed E-state index contributed by atoms with van der Waals surface area (Å²) in [5.74, 6) is 0.495. The lowest BCUT2D eigenvalue weighted by molar-refractivity contribution is 0.251. The van der Waals surface area contributed by atoms with Crippen LogP contribution in [0.5, 0.6) is 5.88 Å². The highest BCUT2D eigenvalue weighted by Gasteiger charge is 2.05. The summed E-state index contributed by atoms with van der Waals surface area (Å²) in [6.45, 7) is 0.377. The van der Waals surface area contributed by atoms with Crippen LogP contribution in [0, 0.1) is 0 Å². The Balaban J connectivity index is 1.53. The lowest BCUT2D eigenvalue weighted by Gasteiger charge is -2.06. The van der Waals surface area contributed by atoms with Crippen LogP contribution in [0.15, 0.2) is 61.1 Å². The second-order valence-electron chi connectivity index (χ2n) is 5.03. The molecular formula is C17H17N5O2. The van der Waals surface area contributed by atoms with E-state index in [4.69, 9.17) is 4.74 Å². The van der Waals surface area contributed by atoms with Crippen LogP contribution in [0.25, 0.3) is 5.69 Å². The minimum Gasteiger partial charge on any atom is -0.481 e. The topological polar surface area (TPSA) is 81.1 Å². The Morgan fingerprint density at radius 2 is 2.00 bits per heavy atom. The maximum absolute atomic E-state index is 11.9. The number of pyridine rings is 1. The molecule has 0 spiro atoms. The van der Waals surface area contributed by atoms with Crippen LogP contribution >= 0.6 is 0 Å². The summed E-state index contributed by atoms with van der Waals surface area (Å²) in [6, 6.07) is 12.9. The smallest absolute Gasteiger partial charge is 0.319 e. The molecule has 0 radical (unpaired) electrons. The van der Waals surface area contributed by atoms with Gasteiger partial charge in [-0.2, -0.15) is 5.10 Å². The minimum atomic E-state index is -0.311. The Labute approximate surface area is 139 Å². The number of hydrogen-bond acceptors (Lipinski definition) is 4. The van der Waals surface area contributed by atoms with Crippen molar-refractivity contribution in [2.45, 2.75) is 6.54 Å². The van der Waals surface area contributed by atoms with E-state index in [1.165, 1.54) is 13.3 Å². The lowest BCUT2D eigenvalue weighted by Crippen LogP contribution is -2.28. The Morgan fingerprint density at radius 3 is 2.71 bits per heavy atom. The van der Waals surface area contributed by atoms with Gasteiger partial charge >= 0.3 is 6.03 Å². The average molecular weight is 323 g/mol. The first-order chi connectivity index (χ1) is 11.7. The molecule has 2 heterocycles. The molecule has 24 heavy (non-hydrogen) atoms. The number of nitrogens with one attached hydrogen (secondary N) is 2. The fourth-order valence-electron chi connectivity index (χ4n) is 2.11. The van der Waals surface area contributed by atoms with Gasteiger partial charge in [-0.3, -0.25) is 0 Å². The van der Waals surface area contributed by atoms with Gasteiger partial charge in [0, 0.05) is 24.4 Å². The van der Waals surface area contributed by atoms with E-state index < -0.39 is 0 Å². The number of carbonyl (C=O) groups is 1. The fraction of sp³-hybridized carbons (Fsp3) is 0.118. The molecule has 0 saturated carbocycles. The van der Waals surface area contributed by atoms with E-state index >= 15 is 0 Å². The molecule has 0 fully saturated rings. The SMILES string of the molecule is COc1ccc(NC(=O)NCc2cnn(-c3ccccc3)c2)cn1. The molecule has 7 heteroatoms. The van der Waals surface area contributed by atoms with Gasteiger partial charge in [0.2, 0.25) is 5.88 Å². The Kier molecular flexibility index (Phi) is 4.71.